The lowest BCUT2D eigenvalue weighted by atomic mass is 10.2. The number of unbranched alkanes of at least 4 members (excludes halogenated alkanes) is 1. The normalized spacial score (nSPS) is 13.1. The van der Waals surface area contributed by atoms with E-state index in [2.05, 4.69) is 16.9 Å². The van der Waals surface area contributed by atoms with Gasteiger partial charge < -0.3 is 15.4 Å². The quantitative estimate of drug-likeness (QED) is 0.641. The summed E-state index contributed by atoms with van der Waals surface area (Å²) in [6.45, 7) is 9.59. The summed E-state index contributed by atoms with van der Waals surface area (Å²) in [6.07, 6.45) is 5.20. The molecule has 0 aliphatic rings. The highest BCUT2D eigenvalue weighted by molar-refractivity contribution is 7.98. The molecule has 0 aromatic heterocycles. The third-order valence-corrected chi connectivity index (χ3v) is 3.17. The van der Waals surface area contributed by atoms with Crippen molar-refractivity contribution in [3.05, 3.63) is 0 Å². The van der Waals surface area contributed by atoms with Crippen molar-refractivity contribution in [2.24, 2.45) is 0 Å². The summed E-state index contributed by atoms with van der Waals surface area (Å²) in [4.78, 5) is 11.5. The molecule has 0 saturated heterocycles. The molecule has 0 rings (SSSR count). The first-order chi connectivity index (χ1) is 8.85. The Morgan fingerprint density at radius 1 is 1.26 bits per heavy atom. The molecule has 1 unspecified atom stereocenters. The maximum absolute atomic E-state index is 11.5. The van der Waals surface area contributed by atoms with Crippen molar-refractivity contribution in [1.29, 1.82) is 0 Å². The SMILES string of the molecule is CSCCCCNCCC(C)NC(=O)OC(C)(C)C. The monoisotopic (exact) mass is 290 g/mol. The fourth-order valence-corrected chi connectivity index (χ4v) is 2.01. The Kier molecular flexibility index (Phi) is 10.1. The Bertz CT molecular complexity index is 242. The number of hydrogen-bond donors (Lipinski definition) is 2. The van der Waals surface area contributed by atoms with Crippen LogP contribution in [0, 0.1) is 0 Å². The minimum absolute atomic E-state index is 0.133. The number of carbonyl (C=O) groups is 1. The van der Waals surface area contributed by atoms with E-state index >= 15 is 0 Å². The Morgan fingerprint density at radius 2 is 1.95 bits per heavy atom. The highest BCUT2D eigenvalue weighted by Crippen LogP contribution is 2.07. The molecule has 1 atom stereocenters. The van der Waals surface area contributed by atoms with E-state index < -0.39 is 5.60 Å². The number of amides is 1. The summed E-state index contributed by atoms with van der Waals surface area (Å²) in [5, 5.41) is 6.24. The summed E-state index contributed by atoms with van der Waals surface area (Å²) < 4.78 is 5.21. The molecule has 1 amide bonds. The van der Waals surface area contributed by atoms with E-state index in [-0.39, 0.29) is 12.1 Å². The van der Waals surface area contributed by atoms with Crippen molar-refractivity contribution >= 4 is 17.9 Å². The van der Waals surface area contributed by atoms with E-state index in [4.69, 9.17) is 4.74 Å². The van der Waals surface area contributed by atoms with Crippen molar-refractivity contribution < 1.29 is 9.53 Å². The first-order valence-electron chi connectivity index (χ1n) is 7.04. The number of rotatable bonds is 9. The fraction of sp³-hybridized carbons (Fsp3) is 0.929. The minimum atomic E-state index is -0.431. The Morgan fingerprint density at radius 3 is 2.53 bits per heavy atom. The van der Waals surface area contributed by atoms with Crippen molar-refractivity contribution in [2.45, 2.75) is 58.6 Å². The Labute approximate surface area is 122 Å². The summed E-state index contributed by atoms with van der Waals surface area (Å²) >= 11 is 1.89. The van der Waals surface area contributed by atoms with Gasteiger partial charge in [-0.2, -0.15) is 11.8 Å². The van der Waals surface area contributed by atoms with Crippen molar-refractivity contribution in [3.8, 4) is 0 Å². The summed E-state index contributed by atoms with van der Waals surface area (Å²) in [5.74, 6) is 1.23. The molecule has 5 heteroatoms. The van der Waals surface area contributed by atoms with E-state index in [0.29, 0.717) is 0 Å². The van der Waals surface area contributed by atoms with Gasteiger partial charge in [-0.25, -0.2) is 4.79 Å². The van der Waals surface area contributed by atoms with Crippen LogP contribution in [0.4, 0.5) is 4.79 Å². The highest BCUT2D eigenvalue weighted by atomic mass is 32.2. The Balaban J connectivity index is 3.49. The van der Waals surface area contributed by atoms with Gasteiger partial charge in [0.05, 0.1) is 0 Å². The average molecular weight is 290 g/mol. The van der Waals surface area contributed by atoms with Gasteiger partial charge >= 0.3 is 6.09 Å². The maximum atomic E-state index is 11.5. The number of thioether (sulfide) groups is 1. The van der Waals surface area contributed by atoms with Crippen LogP contribution in [0.1, 0.15) is 47.0 Å². The molecular weight excluding hydrogens is 260 g/mol. The van der Waals surface area contributed by atoms with Crippen LogP contribution < -0.4 is 10.6 Å². The van der Waals surface area contributed by atoms with Crippen LogP contribution >= 0.6 is 11.8 Å². The number of ether oxygens (including phenoxy) is 1. The van der Waals surface area contributed by atoms with Gasteiger partial charge in [0.1, 0.15) is 5.60 Å². The van der Waals surface area contributed by atoms with E-state index in [9.17, 15) is 4.79 Å². The molecule has 114 valence electrons. The van der Waals surface area contributed by atoms with E-state index in [1.54, 1.807) is 0 Å². The molecule has 0 aromatic rings. The van der Waals surface area contributed by atoms with Gasteiger partial charge in [-0.15, -0.1) is 0 Å². The van der Waals surface area contributed by atoms with E-state index in [1.165, 1.54) is 18.6 Å². The van der Waals surface area contributed by atoms with Gasteiger partial charge in [0.15, 0.2) is 0 Å². The number of carbonyl (C=O) groups excluding carboxylic acids is 1. The van der Waals surface area contributed by atoms with Gasteiger partial charge in [-0.05, 0) is 72.1 Å². The average Bonchev–Trinajstić information content (AvgIpc) is 2.25. The molecule has 2 N–H and O–H groups in total. The van der Waals surface area contributed by atoms with Crippen molar-refractivity contribution in [3.63, 3.8) is 0 Å². The molecule has 0 aromatic carbocycles. The van der Waals surface area contributed by atoms with Crippen LogP contribution in [0.25, 0.3) is 0 Å². The molecule has 0 heterocycles. The minimum Gasteiger partial charge on any atom is -0.444 e. The van der Waals surface area contributed by atoms with Crippen molar-refractivity contribution in [2.75, 3.05) is 25.1 Å². The predicted octanol–water partition coefficient (Wildman–Crippen LogP) is 3.02. The molecule has 0 saturated carbocycles. The predicted molar refractivity (Wildman–Crippen MR) is 83.9 cm³/mol. The van der Waals surface area contributed by atoms with E-state index in [0.717, 1.165) is 19.5 Å². The van der Waals surface area contributed by atoms with Gasteiger partial charge in [0.25, 0.3) is 0 Å². The topological polar surface area (TPSA) is 50.4 Å². The summed E-state index contributed by atoms with van der Waals surface area (Å²) in [5.41, 5.74) is -0.431. The van der Waals surface area contributed by atoms with Gasteiger partial charge in [0.2, 0.25) is 0 Å². The lowest BCUT2D eigenvalue weighted by Gasteiger charge is -2.22. The van der Waals surface area contributed by atoms with Crippen molar-refractivity contribution in [1.82, 2.24) is 10.6 Å². The molecule has 0 aliphatic heterocycles. The van der Waals surface area contributed by atoms with E-state index in [1.807, 2.05) is 39.5 Å². The highest BCUT2D eigenvalue weighted by Gasteiger charge is 2.17. The lowest BCUT2D eigenvalue weighted by Crippen LogP contribution is -2.39. The number of alkyl carbamates (subject to hydrolysis) is 1. The molecule has 0 fully saturated rings. The maximum Gasteiger partial charge on any atom is 0.407 e. The second-order valence-corrected chi connectivity index (χ2v) is 6.77. The molecule has 0 radical (unpaired) electrons. The second kappa shape index (κ2) is 10.4. The largest absolute Gasteiger partial charge is 0.444 e. The third-order valence-electron chi connectivity index (χ3n) is 2.47. The number of nitrogens with one attached hydrogen (secondary N) is 2. The Hall–Kier alpha value is -0.420. The first kappa shape index (κ1) is 18.6. The van der Waals surface area contributed by atoms with Gasteiger partial charge in [0, 0.05) is 6.04 Å². The van der Waals surface area contributed by atoms with Crippen LogP contribution in [0.3, 0.4) is 0 Å². The number of hydrogen-bond acceptors (Lipinski definition) is 4. The van der Waals surface area contributed by atoms with Crippen LogP contribution in [0.15, 0.2) is 0 Å². The zero-order chi connectivity index (χ0) is 14.7. The van der Waals surface area contributed by atoms with Crippen LogP contribution in [-0.4, -0.2) is 42.8 Å². The lowest BCUT2D eigenvalue weighted by molar-refractivity contribution is 0.0506. The van der Waals surface area contributed by atoms with Gasteiger partial charge in [-0.3, -0.25) is 0 Å². The molecular formula is C14H30N2O2S. The molecule has 4 nitrogen and oxygen atoms in total. The van der Waals surface area contributed by atoms with Crippen LogP contribution in [-0.2, 0) is 4.74 Å². The van der Waals surface area contributed by atoms with Gasteiger partial charge in [-0.1, -0.05) is 0 Å². The fourth-order valence-electron chi connectivity index (χ4n) is 1.52. The molecule has 19 heavy (non-hydrogen) atoms. The molecule has 0 aliphatic carbocycles. The smallest absolute Gasteiger partial charge is 0.407 e. The standard InChI is InChI=1S/C14H30N2O2S/c1-12(16-13(17)18-14(2,3)4)8-10-15-9-6-7-11-19-5/h12,15H,6-11H2,1-5H3,(H,16,17). The molecule has 0 spiro atoms. The molecule has 0 bridgehead atoms. The zero-order valence-corrected chi connectivity index (χ0v) is 13.9. The van der Waals surface area contributed by atoms with Crippen LogP contribution in [0.5, 0.6) is 0 Å². The zero-order valence-electron chi connectivity index (χ0n) is 13.0. The van der Waals surface area contributed by atoms with Crippen LogP contribution in [0.2, 0.25) is 0 Å². The third kappa shape index (κ3) is 13.8. The second-order valence-electron chi connectivity index (χ2n) is 5.79. The summed E-state index contributed by atoms with van der Waals surface area (Å²) in [7, 11) is 0. The summed E-state index contributed by atoms with van der Waals surface area (Å²) in [6, 6.07) is 0.133. The first-order valence-corrected chi connectivity index (χ1v) is 8.43.